The summed E-state index contributed by atoms with van der Waals surface area (Å²) in [6.45, 7) is 1.94. The summed E-state index contributed by atoms with van der Waals surface area (Å²) in [5.41, 5.74) is 3.31. The number of aromatic amines is 1. The molecule has 0 fully saturated rings. The van der Waals surface area contributed by atoms with Crippen molar-refractivity contribution in [1.29, 1.82) is 0 Å². The highest BCUT2D eigenvalue weighted by Crippen LogP contribution is 2.26. The number of rotatable bonds is 2. The van der Waals surface area contributed by atoms with Crippen LogP contribution in [-0.2, 0) is 0 Å². The van der Waals surface area contributed by atoms with Crippen LogP contribution in [0.4, 0.5) is 4.39 Å². The Balaban J connectivity index is 2.10. The van der Waals surface area contributed by atoms with Gasteiger partial charge >= 0.3 is 0 Å². The second-order valence-electron chi connectivity index (χ2n) is 4.40. The Kier molecular flexibility index (Phi) is 2.88. The number of H-pyrrole nitrogens is 1. The highest BCUT2D eigenvalue weighted by Gasteiger charge is 2.12. The fourth-order valence-electron chi connectivity index (χ4n) is 2.12. The van der Waals surface area contributed by atoms with E-state index in [4.69, 9.17) is 0 Å². The standard InChI is InChI=1S/C16H13FN2/c1-11-15(12-7-3-2-4-8-12)19-16(18-11)13-9-5-6-10-14(13)17/h2-10H,1H3,(H,18,19). The third-order valence-corrected chi connectivity index (χ3v) is 3.06. The van der Waals surface area contributed by atoms with Crippen LogP contribution < -0.4 is 0 Å². The summed E-state index contributed by atoms with van der Waals surface area (Å²) >= 11 is 0. The predicted molar refractivity (Wildman–Crippen MR) is 74.2 cm³/mol. The second kappa shape index (κ2) is 4.69. The lowest BCUT2D eigenvalue weighted by molar-refractivity contribution is 0.630. The molecular weight excluding hydrogens is 239 g/mol. The van der Waals surface area contributed by atoms with Crippen molar-refractivity contribution in [3.05, 3.63) is 66.1 Å². The van der Waals surface area contributed by atoms with Crippen molar-refractivity contribution < 1.29 is 4.39 Å². The van der Waals surface area contributed by atoms with Crippen LogP contribution in [0.1, 0.15) is 5.69 Å². The third-order valence-electron chi connectivity index (χ3n) is 3.06. The Morgan fingerprint density at radius 1 is 0.947 bits per heavy atom. The number of aryl methyl sites for hydroxylation is 1. The van der Waals surface area contributed by atoms with Gasteiger partial charge in [0.1, 0.15) is 11.6 Å². The molecule has 3 heteroatoms. The lowest BCUT2D eigenvalue weighted by Crippen LogP contribution is -1.85. The zero-order valence-electron chi connectivity index (χ0n) is 10.5. The van der Waals surface area contributed by atoms with E-state index in [0.29, 0.717) is 11.4 Å². The molecule has 0 atom stereocenters. The molecule has 0 bridgehead atoms. The van der Waals surface area contributed by atoms with Gasteiger partial charge in [-0.2, -0.15) is 0 Å². The third kappa shape index (κ3) is 2.15. The molecular formula is C16H13FN2. The summed E-state index contributed by atoms with van der Waals surface area (Å²) < 4.78 is 13.8. The van der Waals surface area contributed by atoms with E-state index in [9.17, 15) is 4.39 Å². The van der Waals surface area contributed by atoms with Gasteiger partial charge in [-0.1, -0.05) is 42.5 Å². The van der Waals surface area contributed by atoms with E-state index in [1.165, 1.54) is 6.07 Å². The molecule has 3 rings (SSSR count). The topological polar surface area (TPSA) is 28.7 Å². The average Bonchev–Trinajstić information content (AvgIpc) is 2.82. The maximum absolute atomic E-state index is 13.8. The lowest BCUT2D eigenvalue weighted by atomic mass is 10.1. The van der Waals surface area contributed by atoms with Crippen molar-refractivity contribution >= 4 is 0 Å². The quantitative estimate of drug-likeness (QED) is 0.727. The van der Waals surface area contributed by atoms with Crippen LogP contribution in [0.25, 0.3) is 22.6 Å². The van der Waals surface area contributed by atoms with E-state index in [2.05, 4.69) is 9.97 Å². The monoisotopic (exact) mass is 252 g/mol. The first-order valence-corrected chi connectivity index (χ1v) is 6.12. The molecule has 1 N–H and O–H groups in total. The number of hydrogen-bond donors (Lipinski definition) is 1. The number of halogens is 1. The SMILES string of the molecule is Cc1[nH]c(-c2ccccc2F)nc1-c1ccccc1. The molecule has 3 aromatic rings. The van der Waals surface area contributed by atoms with Gasteiger partial charge in [0.2, 0.25) is 0 Å². The van der Waals surface area contributed by atoms with Crippen molar-refractivity contribution in [3.63, 3.8) is 0 Å². The molecule has 0 aliphatic carbocycles. The molecule has 0 radical (unpaired) electrons. The van der Waals surface area contributed by atoms with Crippen molar-refractivity contribution in [3.8, 4) is 22.6 Å². The molecule has 0 saturated heterocycles. The molecule has 0 aliphatic heterocycles. The zero-order chi connectivity index (χ0) is 13.2. The molecule has 0 aliphatic rings. The fraction of sp³-hybridized carbons (Fsp3) is 0.0625. The number of imidazole rings is 1. The first-order chi connectivity index (χ1) is 9.25. The van der Waals surface area contributed by atoms with Crippen molar-refractivity contribution in [1.82, 2.24) is 9.97 Å². The first-order valence-electron chi connectivity index (χ1n) is 6.12. The summed E-state index contributed by atoms with van der Waals surface area (Å²) in [7, 11) is 0. The molecule has 0 unspecified atom stereocenters. The molecule has 94 valence electrons. The van der Waals surface area contributed by atoms with Gasteiger partial charge in [0.15, 0.2) is 0 Å². The van der Waals surface area contributed by atoms with Crippen LogP contribution in [-0.4, -0.2) is 9.97 Å². The minimum atomic E-state index is -0.268. The highest BCUT2D eigenvalue weighted by atomic mass is 19.1. The Hall–Kier alpha value is -2.42. The van der Waals surface area contributed by atoms with Crippen molar-refractivity contribution in [2.75, 3.05) is 0 Å². The predicted octanol–water partition coefficient (Wildman–Crippen LogP) is 4.19. The van der Waals surface area contributed by atoms with Gasteiger partial charge < -0.3 is 4.98 Å². The maximum Gasteiger partial charge on any atom is 0.141 e. The van der Waals surface area contributed by atoms with Gasteiger partial charge in [-0.25, -0.2) is 9.37 Å². The molecule has 0 saturated carbocycles. The Morgan fingerprint density at radius 3 is 2.37 bits per heavy atom. The minimum Gasteiger partial charge on any atom is -0.341 e. The van der Waals surface area contributed by atoms with Crippen LogP contribution in [0.3, 0.4) is 0 Å². The van der Waals surface area contributed by atoms with Gasteiger partial charge in [0.25, 0.3) is 0 Å². The second-order valence-corrected chi connectivity index (χ2v) is 4.40. The van der Waals surface area contributed by atoms with Gasteiger partial charge in [0.05, 0.1) is 11.3 Å². The van der Waals surface area contributed by atoms with E-state index in [1.807, 2.05) is 37.3 Å². The van der Waals surface area contributed by atoms with E-state index >= 15 is 0 Å². The summed E-state index contributed by atoms with van der Waals surface area (Å²) in [6, 6.07) is 16.5. The summed E-state index contributed by atoms with van der Waals surface area (Å²) in [5.74, 6) is 0.297. The minimum absolute atomic E-state index is 0.268. The van der Waals surface area contributed by atoms with Gasteiger partial charge in [-0.15, -0.1) is 0 Å². The molecule has 0 spiro atoms. The maximum atomic E-state index is 13.8. The smallest absolute Gasteiger partial charge is 0.141 e. The Bertz CT molecular complexity index is 702. The fourth-order valence-corrected chi connectivity index (χ4v) is 2.12. The van der Waals surface area contributed by atoms with Crippen molar-refractivity contribution in [2.45, 2.75) is 6.92 Å². The number of nitrogens with zero attached hydrogens (tertiary/aromatic N) is 1. The molecule has 0 amide bonds. The average molecular weight is 252 g/mol. The molecule has 19 heavy (non-hydrogen) atoms. The number of hydrogen-bond acceptors (Lipinski definition) is 1. The van der Waals surface area contributed by atoms with Gasteiger partial charge in [0, 0.05) is 11.3 Å². The normalized spacial score (nSPS) is 10.6. The largest absolute Gasteiger partial charge is 0.341 e. The van der Waals surface area contributed by atoms with Crippen LogP contribution in [0, 0.1) is 12.7 Å². The first kappa shape index (κ1) is 11.7. The van der Waals surface area contributed by atoms with Crippen LogP contribution >= 0.6 is 0 Å². The van der Waals surface area contributed by atoms with Gasteiger partial charge in [-0.3, -0.25) is 0 Å². The highest BCUT2D eigenvalue weighted by molar-refractivity contribution is 5.67. The van der Waals surface area contributed by atoms with Crippen LogP contribution in [0.5, 0.6) is 0 Å². The zero-order valence-corrected chi connectivity index (χ0v) is 10.5. The molecule has 2 nitrogen and oxygen atoms in total. The number of nitrogens with one attached hydrogen (secondary N) is 1. The van der Waals surface area contributed by atoms with E-state index < -0.39 is 0 Å². The van der Waals surface area contributed by atoms with Crippen molar-refractivity contribution in [2.24, 2.45) is 0 Å². The van der Waals surface area contributed by atoms with E-state index in [-0.39, 0.29) is 5.82 Å². The lowest BCUT2D eigenvalue weighted by Gasteiger charge is -1.98. The van der Waals surface area contributed by atoms with Crippen LogP contribution in [0.2, 0.25) is 0 Å². The number of benzene rings is 2. The summed E-state index contributed by atoms with van der Waals surface area (Å²) in [4.78, 5) is 7.66. The summed E-state index contributed by atoms with van der Waals surface area (Å²) in [6.07, 6.45) is 0. The van der Waals surface area contributed by atoms with Crippen LogP contribution in [0.15, 0.2) is 54.6 Å². The number of aromatic nitrogens is 2. The molecule has 1 aromatic heterocycles. The Labute approximate surface area is 111 Å². The molecule has 2 aromatic carbocycles. The van der Waals surface area contributed by atoms with E-state index in [0.717, 1.165) is 17.0 Å². The van der Waals surface area contributed by atoms with Gasteiger partial charge in [-0.05, 0) is 19.1 Å². The Morgan fingerprint density at radius 2 is 1.63 bits per heavy atom. The summed E-state index contributed by atoms with van der Waals surface area (Å²) in [5, 5.41) is 0. The molecule has 1 heterocycles. The van der Waals surface area contributed by atoms with E-state index in [1.54, 1.807) is 18.2 Å².